The smallest absolute Gasteiger partial charge is 0.159 e. The van der Waals surface area contributed by atoms with Crippen LogP contribution in [0, 0.1) is 0 Å². The van der Waals surface area contributed by atoms with Crippen LogP contribution in [0.4, 0.5) is 17.1 Å². The maximum Gasteiger partial charge on any atom is 0.159 e. The Morgan fingerprint density at radius 3 is 2.08 bits per heavy atom. The number of aromatic nitrogens is 1. The van der Waals surface area contributed by atoms with E-state index in [1.165, 1.54) is 38.5 Å². The van der Waals surface area contributed by atoms with Gasteiger partial charge in [-0.2, -0.15) is 0 Å². The van der Waals surface area contributed by atoms with Crippen LogP contribution >= 0.6 is 0 Å². The molecule has 0 saturated heterocycles. The van der Waals surface area contributed by atoms with E-state index in [0.29, 0.717) is 0 Å². The molecule has 0 unspecified atom stereocenters. The zero-order valence-corrected chi connectivity index (χ0v) is 26.8. The fourth-order valence-electron chi connectivity index (χ4n) is 8.21. The molecular formula is C45H32N2O. The Morgan fingerprint density at radius 2 is 1.19 bits per heavy atom. The average Bonchev–Trinajstić information content (AvgIpc) is 3.76. The van der Waals surface area contributed by atoms with Crippen molar-refractivity contribution in [3.05, 3.63) is 169 Å². The quantitative estimate of drug-likeness (QED) is 0.196. The summed E-state index contributed by atoms with van der Waals surface area (Å²) in [5.74, 6) is 0. The lowest BCUT2D eigenvalue weighted by Crippen LogP contribution is -2.15. The molecule has 0 radical (unpaired) electrons. The first-order chi connectivity index (χ1) is 23.6. The summed E-state index contributed by atoms with van der Waals surface area (Å²) in [5, 5.41) is 4.64. The molecule has 0 fully saturated rings. The summed E-state index contributed by atoms with van der Waals surface area (Å²) >= 11 is 0. The lowest BCUT2D eigenvalue weighted by molar-refractivity contribution is 0.660. The van der Waals surface area contributed by atoms with Crippen LogP contribution in [-0.4, -0.2) is 4.57 Å². The van der Waals surface area contributed by atoms with Gasteiger partial charge in [0.15, 0.2) is 5.58 Å². The Kier molecular flexibility index (Phi) is 5.63. The molecule has 0 spiro atoms. The Hall–Kier alpha value is -6.06. The van der Waals surface area contributed by atoms with E-state index in [9.17, 15) is 0 Å². The van der Waals surface area contributed by atoms with Crippen molar-refractivity contribution in [3.8, 4) is 16.8 Å². The summed E-state index contributed by atoms with van der Waals surface area (Å²) < 4.78 is 9.10. The topological polar surface area (TPSA) is 21.3 Å². The number of nitrogens with zero attached hydrogens (tertiary/aromatic N) is 2. The van der Waals surface area contributed by atoms with Gasteiger partial charge < -0.3 is 13.9 Å². The summed E-state index contributed by atoms with van der Waals surface area (Å²) in [6.45, 7) is 4.67. The average molecular weight is 617 g/mol. The SMILES string of the molecule is CC1(C)c2ccccc2-c2cc(N(c3cccc4c3oc3ccccc34)c3cccc4c3c3ccccc3n4-c3ccccc3)ccc21. The highest BCUT2D eigenvalue weighted by atomic mass is 16.3. The Bertz CT molecular complexity index is 2710. The predicted octanol–water partition coefficient (Wildman–Crippen LogP) is 12.5. The van der Waals surface area contributed by atoms with Gasteiger partial charge in [-0.1, -0.05) is 117 Å². The summed E-state index contributed by atoms with van der Waals surface area (Å²) in [5.41, 5.74) is 13.7. The van der Waals surface area contributed by atoms with E-state index in [1.54, 1.807) is 0 Å². The molecule has 0 bridgehead atoms. The predicted molar refractivity (Wildman–Crippen MR) is 200 cm³/mol. The summed E-state index contributed by atoms with van der Waals surface area (Å²) in [6, 6.07) is 56.9. The van der Waals surface area contributed by atoms with E-state index < -0.39 is 0 Å². The van der Waals surface area contributed by atoms with E-state index in [4.69, 9.17) is 4.42 Å². The maximum absolute atomic E-state index is 6.72. The van der Waals surface area contributed by atoms with Crippen LogP contribution in [0.15, 0.2) is 162 Å². The number of rotatable bonds is 4. The van der Waals surface area contributed by atoms with Crippen molar-refractivity contribution in [1.29, 1.82) is 0 Å². The number of anilines is 3. The largest absolute Gasteiger partial charge is 0.454 e. The monoisotopic (exact) mass is 616 g/mol. The Labute approximate surface area is 278 Å². The first-order valence-corrected chi connectivity index (χ1v) is 16.6. The van der Waals surface area contributed by atoms with Gasteiger partial charge in [0.25, 0.3) is 0 Å². The minimum Gasteiger partial charge on any atom is -0.454 e. The second-order valence-electron chi connectivity index (χ2n) is 13.3. The molecule has 228 valence electrons. The summed E-state index contributed by atoms with van der Waals surface area (Å²) in [4.78, 5) is 2.42. The Balaban J connectivity index is 1.32. The van der Waals surface area contributed by atoms with Crippen LogP contribution < -0.4 is 4.90 Å². The third kappa shape index (κ3) is 3.70. The zero-order valence-electron chi connectivity index (χ0n) is 26.8. The van der Waals surface area contributed by atoms with Crippen molar-refractivity contribution in [2.24, 2.45) is 0 Å². The first-order valence-electron chi connectivity index (χ1n) is 16.6. The molecule has 7 aromatic carbocycles. The lowest BCUT2D eigenvalue weighted by Gasteiger charge is -2.28. The molecule has 3 heteroatoms. The molecular weight excluding hydrogens is 585 g/mol. The summed E-state index contributed by atoms with van der Waals surface area (Å²) in [7, 11) is 0. The van der Waals surface area contributed by atoms with Gasteiger partial charge in [0, 0.05) is 38.3 Å². The number of para-hydroxylation sites is 4. The van der Waals surface area contributed by atoms with Gasteiger partial charge in [-0.05, 0) is 76.9 Å². The molecule has 0 amide bonds. The van der Waals surface area contributed by atoms with Gasteiger partial charge in [0.2, 0.25) is 0 Å². The van der Waals surface area contributed by atoms with Crippen molar-refractivity contribution in [3.63, 3.8) is 0 Å². The second-order valence-corrected chi connectivity index (χ2v) is 13.3. The number of fused-ring (bicyclic) bond motifs is 9. The highest BCUT2D eigenvalue weighted by molar-refractivity contribution is 6.18. The molecule has 10 rings (SSSR count). The van der Waals surface area contributed by atoms with Crippen LogP contribution in [0.1, 0.15) is 25.0 Å². The highest BCUT2D eigenvalue weighted by Gasteiger charge is 2.36. The van der Waals surface area contributed by atoms with Crippen LogP contribution in [0.3, 0.4) is 0 Å². The van der Waals surface area contributed by atoms with Crippen molar-refractivity contribution in [2.75, 3.05) is 4.90 Å². The summed E-state index contributed by atoms with van der Waals surface area (Å²) in [6.07, 6.45) is 0. The fraction of sp³-hybridized carbons (Fsp3) is 0.0667. The molecule has 2 aromatic heterocycles. The van der Waals surface area contributed by atoms with Gasteiger partial charge in [0.05, 0.1) is 22.4 Å². The second kappa shape index (κ2) is 9.97. The molecule has 2 heterocycles. The van der Waals surface area contributed by atoms with E-state index >= 15 is 0 Å². The van der Waals surface area contributed by atoms with Crippen LogP contribution in [0.25, 0.3) is 60.6 Å². The third-order valence-electron chi connectivity index (χ3n) is 10.4. The zero-order chi connectivity index (χ0) is 32.0. The van der Waals surface area contributed by atoms with Gasteiger partial charge in [0.1, 0.15) is 5.58 Å². The van der Waals surface area contributed by atoms with Crippen LogP contribution in [0.5, 0.6) is 0 Å². The molecule has 48 heavy (non-hydrogen) atoms. The van der Waals surface area contributed by atoms with E-state index in [-0.39, 0.29) is 5.41 Å². The van der Waals surface area contributed by atoms with Crippen LogP contribution in [0.2, 0.25) is 0 Å². The molecule has 0 N–H and O–H groups in total. The van der Waals surface area contributed by atoms with Gasteiger partial charge in [-0.15, -0.1) is 0 Å². The standard InChI is InChI=1S/C45H32N2O/c1-45(2)36-20-9-6-16-31(36)35-28-30(26-27-37(35)45)47(41-24-12-19-33-32-17-8-11-25-42(32)48-44(33)41)40-23-13-22-39-43(40)34-18-7-10-21-38(34)46(39)29-14-4-3-5-15-29/h3-28H,1-2H3. The molecule has 3 nitrogen and oxygen atoms in total. The third-order valence-corrected chi connectivity index (χ3v) is 10.4. The molecule has 1 aliphatic carbocycles. The fourth-order valence-corrected chi connectivity index (χ4v) is 8.21. The maximum atomic E-state index is 6.72. The van der Waals surface area contributed by atoms with Crippen molar-refractivity contribution in [2.45, 2.75) is 19.3 Å². The molecule has 0 atom stereocenters. The van der Waals surface area contributed by atoms with E-state index in [1.807, 2.05) is 6.07 Å². The lowest BCUT2D eigenvalue weighted by atomic mass is 9.82. The van der Waals surface area contributed by atoms with Crippen LogP contribution in [-0.2, 0) is 5.41 Å². The van der Waals surface area contributed by atoms with Crippen molar-refractivity contribution < 1.29 is 4.42 Å². The minimum absolute atomic E-state index is 0.0723. The Morgan fingerprint density at radius 1 is 0.521 bits per heavy atom. The normalized spacial score (nSPS) is 13.4. The molecule has 0 aliphatic heterocycles. The van der Waals surface area contributed by atoms with Gasteiger partial charge in [-0.3, -0.25) is 0 Å². The highest BCUT2D eigenvalue weighted by Crippen LogP contribution is 2.52. The molecule has 1 aliphatic rings. The van der Waals surface area contributed by atoms with Gasteiger partial charge in [-0.25, -0.2) is 0 Å². The van der Waals surface area contributed by atoms with Gasteiger partial charge >= 0.3 is 0 Å². The van der Waals surface area contributed by atoms with E-state index in [2.05, 4.69) is 175 Å². The number of hydrogen-bond donors (Lipinski definition) is 0. The number of benzene rings is 7. The minimum atomic E-state index is -0.0723. The van der Waals surface area contributed by atoms with E-state index in [0.717, 1.165) is 50.2 Å². The van der Waals surface area contributed by atoms with Crippen molar-refractivity contribution >= 4 is 60.8 Å². The molecule has 0 saturated carbocycles. The first kappa shape index (κ1) is 27.1. The number of hydrogen-bond acceptors (Lipinski definition) is 2. The molecule has 9 aromatic rings. The number of furan rings is 1. The van der Waals surface area contributed by atoms with Crippen molar-refractivity contribution in [1.82, 2.24) is 4.57 Å².